The Morgan fingerprint density at radius 2 is 2.40 bits per heavy atom. The molecular weight excluding hydrogens is 228 g/mol. The van der Waals surface area contributed by atoms with Gasteiger partial charge in [-0.25, -0.2) is 0 Å². The van der Waals surface area contributed by atoms with Crippen molar-refractivity contribution in [1.29, 1.82) is 0 Å². The maximum absolute atomic E-state index is 3.42. The quantitative estimate of drug-likeness (QED) is 0.882. The fourth-order valence-electron chi connectivity index (χ4n) is 2.03. The lowest BCUT2D eigenvalue weighted by molar-refractivity contribution is 0.199. The smallest absolute Gasteiger partial charge is 0.0413 e. The van der Waals surface area contributed by atoms with Crippen LogP contribution in [0, 0.1) is 0 Å². The number of thiophene rings is 1. The van der Waals surface area contributed by atoms with Crippen molar-refractivity contribution in [2.45, 2.75) is 25.4 Å². The first-order chi connectivity index (χ1) is 6.79. The van der Waals surface area contributed by atoms with Crippen LogP contribution in [0.25, 0.3) is 0 Å². The summed E-state index contributed by atoms with van der Waals surface area (Å²) in [5.74, 6) is 0. The van der Waals surface area contributed by atoms with Gasteiger partial charge in [0.25, 0.3) is 0 Å². The SMILES string of the molecule is CC(c1cccs1)N(C)C1CCNC1.Cl. The van der Waals surface area contributed by atoms with E-state index in [1.54, 1.807) is 0 Å². The van der Waals surface area contributed by atoms with E-state index in [1.807, 2.05) is 11.3 Å². The molecule has 1 aliphatic heterocycles. The molecule has 0 aromatic carbocycles. The van der Waals surface area contributed by atoms with Gasteiger partial charge < -0.3 is 5.32 Å². The first kappa shape index (κ1) is 13.0. The molecule has 0 radical (unpaired) electrons. The number of rotatable bonds is 3. The Hall–Kier alpha value is -0.0900. The Labute approximate surface area is 102 Å². The molecule has 1 aliphatic rings. The highest BCUT2D eigenvalue weighted by Crippen LogP contribution is 2.26. The van der Waals surface area contributed by atoms with E-state index in [9.17, 15) is 0 Å². The van der Waals surface area contributed by atoms with Crippen LogP contribution in [-0.4, -0.2) is 31.1 Å². The minimum Gasteiger partial charge on any atom is -0.315 e. The van der Waals surface area contributed by atoms with Crippen LogP contribution in [0.2, 0.25) is 0 Å². The lowest BCUT2D eigenvalue weighted by atomic mass is 10.1. The van der Waals surface area contributed by atoms with Crippen LogP contribution in [0.1, 0.15) is 24.3 Å². The molecule has 15 heavy (non-hydrogen) atoms. The summed E-state index contributed by atoms with van der Waals surface area (Å²) in [6.07, 6.45) is 1.28. The highest BCUT2D eigenvalue weighted by molar-refractivity contribution is 7.10. The van der Waals surface area contributed by atoms with Crippen molar-refractivity contribution in [3.8, 4) is 0 Å². The Kier molecular flexibility index (Phi) is 5.06. The molecule has 4 heteroatoms. The molecule has 1 N–H and O–H groups in total. The predicted molar refractivity (Wildman–Crippen MR) is 69.0 cm³/mol. The van der Waals surface area contributed by atoms with Crippen molar-refractivity contribution in [2.24, 2.45) is 0 Å². The average molecular weight is 247 g/mol. The average Bonchev–Trinajstić information content (AvgIpc) is 2.87. The molecule has 0 bridgehead atoms. The fraction of sp³-hybridized carbons (Fsp3) is 0.636. The lowest BCUT2D eigenvalue weighted by Gasteiger charge is -2.29. The first-order valence-electron chi connectivity index (χ1n) is 5.25. The summed E-state index contributed by atoms with van der Waals surface area (Å²) in [7, 11) is 2.24. The third-order valence-electron chi connectivity index (χ3n) is 3.18. The second-order valence-corrected chi connectivity index (χ2v) is 4.98. The van der Waals surface area contributed by atoms with Crippen molar-refractivity contribution in [2.75, 3.05) is 20.1 Å². The largest absolute Gasteiger partial charge is 0.315 e. The minimum absolute atomic E-state index is 0. The zero-order chi connectivity index (χ0) is 9.97. The molecule has 0 aliphatic carbocycles. The highest BCUT2D eigenvalue weighted by atomic mass is 35.5. The summed E-state index contributed by atoms with van der Waals surface area (Å²) in [5.41, 5.74) is 0. The summed E-state index contributed by atoms with van der Waals surface area (Å²) < 4.78 is 0. The van der Waals surface area contributed by atoms with Crippen molar-refractivity contribution in [1.82, 2.24) is 10.2 Å². The molecule has 0 amide bonds. The molecule has 2 atom stereocenters. The summed E-state index contributed by atoms with van der Waals surface area (Å²) in [4.78, 5) is 3.96. The Balaban J connectivity index is 0.00000112. The van der Waals surface area contributed by atoms with Crippen LogP contribution in [0.4, 0.5) is 0 Å². The number of hydrogen-bond donors (Lipinski definition) is 1. The van der Waals surface area contributed by atoms with E-state index in [1.165, 1.54) is 17.8 Å². The molecule has 2 unspecified atom stereocenters. The fourth-order valence-corrected chi connectivity index (χ4v) is 2.87. The standard InChI is InChI=1S/C11H18N2S.ClH/c1-9(11-4-3-7-14-11)13(2)10-5-6-12-8-10;/h3-4,7,9-10,12H,5-6,8H2,1-2H3;1H. The molecule has 1 fully saturated rings. The van der Waals surface area contributed by atoms with Gasteiger partial charge in [0.1, 0.15) is 0 Å². The number of likely N-dealkylation sites (N-methyl/N-ethyl adjacent to an activating group) is 1. The third kappa shape index (κ3) is 2.94. The molecule has 1 aromatic heterocycles. The molecular formula is C11H19ClN2S. The van der Waals surface area contributed by atoms with E-state index in [4.69, 9.17) is 0 Å². The normalized spacial score (nSPS) is 22.7. The van der Waals surface area contributed by atoms with Gasteiger partial charge >= 0.3 is 0 Å². The number of hydrogen-bond acceptors (Lipinski definition) is 3. The van der Waals surface area contributed by atoms with Crippen LogP contribution in [0.3, 0.4) is 0 Å². The summed E-state index contributed by atoms with van der Waals surface area (Å²) >= 11 is 1.86. The van der Waals surface area contributed by atoms with E-state index in [0.717, 1.165) is 6.54 Å². The zero-order valence-corrected chi connectivity index (χ0v) is 10.9. The van der Waals surface area contributed by atoms with Crippen LogP contribution < -0.4 is 5.32 Å². The van der Waals surface area contributed by atoms with Gasteiger partial charge in [0, 0.05) is 23.5 Å². The Morgan fingerprint density at radius 3 is 2.93 bits per heavy atom. The van der Waals surface area contributed by atoms with Crippen LogP contribution >= 0.6 is 23.7 Å². The van der Waals surface area contributed by atoms with Crippen LogP contribution in [-0.2, 0) is 0 Å². The topological polar surface area (TPSA) is 15.3 Å². The first-order valence-corrected chi connectivity index (χ1v) is 6.13. The molecule has 2 rings (SSSR count). The second-order valence-electron chi connectivity index (χ2n) is 4.00. The van der Waals surface area contributed by atoms with Gasteiger partial charge in [-0.2, -0.15) is 0 Å². The van der Waals surface area contributed by atoms with E-state index >= 15 is 0 Å². The van der Waals surface area contributed by atoms with Crippen molar-refractivity contribution < 1.29 is 0 Å². The van der Waals surface area contributed by atoms with Gasteiger partial charge in [0.15, 0.2) is 0 Å². The number of halogens is 1. The Morgan fingerprint density at radius 1 is 1.60 bits per heavy atom. The second kappa shape index (κ2) is 5.85. The number of nitrogens with zero attached hydrogens (tertiary/aromatic N) is 1. The zero-order valence-electron chi connectivity index (χ0n) is 9.27. The van der Waals surface area contributed by atoms with Gasteiger partial charge in [-0.1, -0.05) is 6.07 Å². The molecule has 1 saturated heterocycles. The van der Waals surface area contributed by atoms with Gasteiger partial charge in [-0.05, 0) is 38.4 Å². The molecule has 1 aromatic rings. The number of nitrogens with one attached hydrogen (secondary N) is 1. The predicted octanol–water partition coefficient (Wildman–Crippen LogP) is 2.52. The maximum atomic E-state index is 3.42. The van der Waals surface area contributed by atoms with Crippen molar-refractivity contribution >= 4 is 23.7 Å². The van der Waals surface area contributed by atoms with Gasteiger partial charge in [0.2, 0.25) is 0 Å². The van der Waals surface area contributed by atoms with Crippen molar-refractivity contribution in [3.63, 3.8) is 0 Å². The summed E-state index contributed by atoms with van der Waals surface area (Å²) in [6, 6.07) is 5.64. The summed E-state index contributed by atoms with van der Waals surface area (Å²) in [6.45, 7) is 4.61. The molecule has 2 nitrogen and oxygen atoms in total. The van der Waals surface area contributed by atoms with Crippen LogP contribution in [0.15, 0.2) is 17.5 Å². The van der Waals surface area contributed by atoms with E-state index < -0.39 is 0 Å². The molecule has 0 spiro atoms. The van der Waals surface area contributed by atoms with Crippen molar-refractivity contribution in [3.05, 3.63) is 22.4 Å². The maximum Gasteiger partial charge on any atom is 0.0413 e. The van der Waals surface area contributed by atoms with E-state index in [-0.39, 0.29) is 12.4 Å². The highest BCUT2D eigenvalue weighted by Gasteiger charge is 2.23. The lowest BCUT2D eigenvalue weighted by Crippen LogP contribution is -2.35. The molecule has 0 saturated carbocycles. The minimum atomic E-state index is 0. The summed E-state index contributed by atoms with van der Waals surface area (Å²) in [5, 5.41) is 5.57. The monoisotopic (exact) mass is 246 g/mol. The van der Waals surface area contributed by atoms with Gasteiger partial charge in [0.05, 0.1) is 0 Å². The van der Waals surface area contributed by atoms with Crippen LogP contribution in [0.5, 0.6) is 0 Å². The molecule has 86 valence electrons. The van der Waals surface area contributed by atoms with E-state index in [2.05, 4.69) is 41.7 Å². The molecule has 2 heterocycles. The van der Waals surface area contributed by atoms with Gasteiger partial charge in [-0.3, -0.25) is 4.90 Å². The third-order valence-corrected chi connectivity index (χ3v) is 4.22. The Bertz CT molecular complexity index is 270. The van der Waals surface area contributed by atoms with Gasteiger partial charge in [-0.15, -0.1) is 23.7 Å². The van der Waals surface area contributed by atoms with E-state index in [0.29, 0.717) is 12.1 Å².